The lowest BCUT2D eigenvalue weighted by Gasteiger charge is -2.28. The Morgan fingerprint density at radius 2 is 1.90 bits per heavy atom. The average molecular weight is 462 g/mol. The number of thiol groups is 1. The fourth-order valence-corrected chi connectivity index (χ4v) is 3.67. The van der Waals surface area contributed by atoms with Crippen molar-refractivity contribution in [2.75, 3.05) is 23.7 Å². The summed E-state index contributed by atoms with van der Waals surface area (Å²) in [7, 11) is -2.69. The number of nitrogens with one attached hydrogen (secondary N) is 2. The van der Waals surface area contributed by atoms with Gasteiger partial charge in [-0.05, 0) is 25.0 Å². The zero-order valence-corrected chi connectivity index (χ0v) is 16.7. The molecule has 4 N–H and O–H groups in total. The summed E-state index contributed by atoms with van der Waals surface area (Å²) in [5, 5.41) is 5.20. The van der Waals surface area contributed by atoms with Crippen LogP contribution in [-0.4, -0.2) is 47.7 Å². The van der Waals surface area contributed by atoms with Crippen molar-refractivity contribution in [3.8, 4) is 0 Å². The molecule has 14 heteroatoms. The van der Waals surface area contributed by atoms with Gasteiger partial charge in [-0.1, -0.05) is 6.07 Å². The van der Waals surface area contributed by atoms with E-state index in [-0.39, 0.29) is 30.8 Å². The second-order valence-corrected chi connectivity index (χ2v) is 7.76. The predicted octanol–water partition coefficient (Wildman–Crippen LogP) is 1.88. The molecule has 2 heterocycles. The molecular formula is C17H18F4N6O3S. The number of carbonyl (C=O) groups is 1. The predicted molar refractivity (Wildman–Crippen MR) is 104 cm³/mol. The van der Waals surface area contributed by atoms with E-state index in [1.807, 2.05) is 0 Å². The Morgan fingerprint density at radius 1 is 1.23 bits per heavy atom. The first-order valence-electron chi connectivity index (χ1n) is 9.01. The first-order chi connectivity index (χ1) is 14.6. The van der Waals surface area contributed by atoms with Gasteiger partial charge in [0.05, 0.1) is 11.3 Å². The fourth-order valence-electron chi connectivity index (χ4n) is 3.12. The summed E-state index contributed by atoms with van der Waals surface area (Å²) in [6.07, 6.45) is -3.45. The Kier molecular flexibility index (Phi) is 6.59. The Bertz CT molecular complexity index is 1050. The summed E-state index contributed by atoms with van der Waals surface area (Å²) in [6.45, 7) is 0.515. The van der Waals surface area contributed by atoms with Crippen LogP contribution in [0.3, 0.4) is 0 Å². The molecule has 0 unspecified atom stereocenters. The highest BCUT2D eigenvalue weighted by Gasteiger charge is 2.36. The smallest absolute Gasteiger partial charge is 0.365 e. The lowest BCUT2D eigenvalue weighted by molar-refractivity contribution is -0.137. The monoisotopic (exact) mass is 462 g/mol. The lowest BCUT2D eigenvalue weighted by Crippen LogP contribution is -2.38. The van der Waals surface area contributed by atoms with E-state index >= 15 is 0 Å². The van der Waals surface area contributed by atoms with Crippen LogP contribution in [0.15, 0.2) is 24.4 Å². The van der Waals surface area contributed by atoms with Crippen molar-refractivity contribution in [3.63, 3.8) is 0 Å². The van der Waals surface area contributed by atoms with Gasteiger partial charge >= 0.3 is 6.18 Å². The van der Waals surface area contributed by atoms with Crippen molar-refractivity contribution in [2.45, 2.75) is 25.1 Å². The zero-order valence-electron chi connectivity index (χ0n) is 15.8. The van der Waals surface area contributed by atoms with Gasteiger partial charge in [-0.15, -0.1) is 0 Å². The maximum Gasteiger partial charge on any atom is 0.421 e. The van der Waals surface area contributed by atoms with Crippen LogP contribution < -0.4 is 16.4 Å². The van der Waals surface area contributed by atoms with Gasteiger partial charge in [-0.2, -0.15) is 18.2 Å². The second kappa shape index (κ2) is 9.01. The number of hydrogen-bond donors (Lipinski definition) is 4. The molecule has 0 radical (unpaired) electrons. The molecule has 1 aliphatic rings. The molecule has 2 aromatic rings. The Hall–Kier alpha value is -3.00. The highest BCUT2D eigenvalue weighted by molar-refractivity contribution is 7.69. The summed E-state index contributed by atoms with van der Waals surface area (Å²) in [4.78, 5) is 19.1. The number of piperidine rings is 1. The number of carbonyl (C=O) groups excluding carboxylic acids is 1. The van der Waals surface area contributed by atoms with E-state index in [9.17, 15) is 30.8 Å². The van der Waals surface area contributed by atoms with Crippen LogP contribution in [0.1, 0.15) is 28.8 Å². The molecule has 0 saturated carbocycles. The molecule has 9 nitrogen and oxygen atoms in total. The maximum absolute atomic E-state index is 14.0. The lowest BCUT2D eigenvalue weighted by atomic mass is 10.1. The van der Waals surface area contributed by atoms with E-state index in [0.717, 1.165) is 6.07 Å². The molecule has 1 aromatic carbocycles. The fraction of sp³-hybridized carbons (Fsp3) is 0.353. The summed E-state index contributed by atoms with van der Waals surface area (Å²) in [5.74, 6) is -3.00. The third-order valence-electron chi connectivity index (χ3n) is 4.64. The summed E-state index contributed by atoms with van der Waals surface area (Å²) in [5.41, 5.74) is 3.03. The number of rotatable bonds is 6. The van der Waals surface area contributed by atoms with Crippen molar-refractivity contribution >= 4 is 34.3 Å². The number of nitrogens with zero attached hydrogens (tertiary/aromatic N) is 3. The van der Waals surface area contributed by atoms with Crippen molar-refractivity contribution < 1.29 is 30.8 Å². The minimum Gasteiger partial charge on any atom is -0.365 e. The van der Waals surface area contributed by atoms with Crippen molar-refractivity contribution in [1.29, 1.82) is 0 Å². The van der Waals surface area contributed by atoms with E-state index < -0.39 is 45.7 Å². The number of hydrogen-bond acceptors (Lipinski definition) is 7. The van der Waals surface area contributed by atoms with Crippen LogP contribution in [0, 0.1) is 5.82 Å². The number of halogens is 4. The summed E-state index contributed by atoms with van der Waals surface area (Å²) in [6, 6.07) is 3.08. The van der Waals surface area contributed by atoms with Gasteiger partial charge < -0.3 is 16.4 Å². The molecule has 1 aromatic heterocycles. The van der Waals surface area contributed by atoms with Gasteiger partial charge in [0.25, 0.3) is 5.91 Å². The minimum absolute atomic E-state index is 0.141. The van der Waals surface area contributed by atoms with Crippen molar-refractivity contribution in [2.24, 2.45) is 5.73 Å². The van der Waals surface area contributed by atoms with E-state index in [4.69, 9.17) is 5.73 Å². The van der Waals surface area contributed by atoms with Gasteiger partial charge in [0.1, 0.15) is 17.2 Å². The van der Waals surface area contributed by atoms with E-state index in [1.54, 1.807) is 0 Å². The molecule has 1 amide bonds. The third-order valence-corrected chi connectivity index (χ3v) is 5.50. The number of nitrogens with two attached hydrogens (primary N) is 1. The number of primary amides is 1. The van der Waals surface area contributed by atoms with Gasteiger partial charge in [0.2, 0.25) is 16.8 Å². The molecule has 1 aliphatic heterocycles. The SMILES string of the molecule is NC(=O)c1c(F)cccc1Nc1nc(NC2CCN([SH](=O)=O)CC2)ncc1C(F)(F)F. The Balaban J connectivity index is 1.89. The van der Waals surface area contributed by atoms with Crippen molar-refractivity contribution in [3.05, 3.63) is 41.3 Å². The maximum atomic E-state index is 14.0. The van der Waals surface area contributed by atoms with Gasteiger partial charge in [0.15, 0.2) is 0 Å². The number of aromatic nitrogens is 2. The number of benzene rings is 1. The highest BCUT2D eigenvalue weighted by atomic mass is 32.2. The van der Waals surface area contributed by atoms with Crippen LogP contribution in [0.5, 0.6) is 0 Å². The molecule has 0 spiro atoms. The molecule has 168 valence electrons. The molecule has 3 rings (SSSR count). The molecule has 0 aliphatic carbocycles. The number of alkyl halides is 3. The van der Waals surface area contributed by atoms with Gasteiger partial charge in [0, 0.05) is 25.3 Å². The number of anilines is 3. The molecule has 1 fully saturated rings. The molecular weight excluding hydrogens is 444 g/mol. The molecule has 1 saturated heterocycles. The molecule has 31 heavy (non-hydrogen) atoms. The Morgan fingerprint density at radius 3 is 2.48 bits per heavy atom. The summed E-state index contributed by atoms with van der Waals surface area (Å²) >= 11 is 0. The zero-order chi connectivity index (χ0) is 22.8. The quantitative estimate of drug-likeness (QED) is 0.381. The first kappa shape index (κ1) is 22.7. The van der Waals surface area contributed by atoms with E-state index in [1.165, 1.54) is 16.4 Å². The van der Waals surface area contributed by atoms with Crippen LogP contribution >= 0.6 is 0 Å². The van der Waals surface area contributed by atoms with E-state index in [0.29, 0.717) is 19.0 Å². The topological polar surface area (TPSA) is 130 Å². The van der Waals surface area contributed by atoms with Crippen LogP contribution in [0.4, 0.5) is 35.0 Å². The minimum atomic E-state index is -4.83. The first-order valence-corrected chi connectivity index (χ1v) is 10.1. The molecule has 0 bridgehead atoms. The Labute approximate surface area is 175 Å². The largest absolute Gasteiger partial charge is 0.421 e. The van der Waals surface area contributed by atoms with Crippen LogP contribution in [0.2, 0.25) is 0 Å². The number of amides is 1. The van der Waals surface area contributed by atoms with Crippen LogP contribution in [0.25, 0.3) is 0 Å². The van der Waals surface area contributed by atoms with Gasteiger partial charge in [-0.25, -0.2) is 22.1 Å². The second-order valence-electron chi connectivity index (χ2n) is 6.72. The standard InChI is InChI=1S/C17H18F4N6O3S/c18-11-2-1-3-12(13(11)14(22)28)25-15-10(17(19,20)21)8-23-16(26-15)24-9-4-6-27(7-5-9)31(29)30/h1-3,8-9,31H,4-7H2,(H2,22,28)(H2,23,24,25,26). The van der Waals surface area contributed by atoms with Crippen molar-refractivity contribution in [1.82, 2.24) is 14.3 Å². The highest BCUT2D eigenvalue weighted by Crippen LogP contribution is 2.36. The average Bonchev–Trinajstić information content (AvgIpc) is 2.67. The summed E-state index contributed by atoms with van der Waals surface area (Å²) < 4.78 is 77.5. The molecule has 0 atom stereocenters. The van der Waals surface area contributed by atoms with E-state index in [2.05, 4.69) is 20.6 Å². The third kappa shape index (κ3) is 5.38. The normalized spacial score (nSPS) is 15.8. The van der Waals surface area contributed by atoms with Gasteiger partial charge in [-0.3, -0.25) is 4.79 Å². The van der Waals surface area contributed by atoms with Crippen LogP contribution in [-0.2, 0) is 17.1 Å².